The van der Waals surface area contributed by atoms with Gasteiger partial charge in [0.05, 0.1) is 0 Å². The van der Waals surface area contributed by atoms with E-state index >= 15 is 0 Å². The molecule has 0 heterocycles. The molecule has 0 radical (unpaired) electrons. The summed E-state index contributed by atoms with van der Waals surface area (Å²) in [6, 6.07) is 26.5. The third-order valence-electron chi connectivity index (χ3n) is 9.48. The predicted octanol–water partition coefficient (Wildman–Crippen LogP) is 11.2. The van der Waals surface area contributed by atoms with Crippen molar-refractivity contribution < 1.29 is 0 Å². The van der Waals surface area contributed by atoms with Crippen molar-refractivity contribution in [3.63, 3.8) is 0 Å². The molecule has 8 aromatic carbocycles. The van der Waals surface area contributed by atoms with Crippen LogP contribution in [-0.2, 0) is 5.41 Å². The SMILES string of the molecule is Cc1cc2c(cc1C)c1cc3c(cc4c5cc(C)c(C)cc5c5cc(C(C)(C)C)cc3c54)c3cccc2c31. The lowest BCUT2D eigenvalue weighted by atomic mass is 9.83. The lowest BCUT2D eigenvalue weighted by Gasteiger charge is -2.21. The fourth-order valence-corrected chi connectivity index (χ4v) is 7.06. The molecule has 0 aliphatic carbocycles. The molecule has 0 fully saturated rings. The van der Waals surface area contributed by atoms with Crippen molar-refractivity contribution in [2.75, 3.05) is 0 Å². The Labute approximate surface area is 223 Å². The lowest BCUT2D eigenvalue weighted by molar-refractivity contribution is 0.592. The van der Waals surface area contributed by atoms with Gasteiger partial charge in [0, 0.05) is 0 Å². The van der Waals surface area contributed by atoms with Gasteiger partial charge in [-0.15, -0.1) is 0 Å². The van der Waals surface area contributed by atoms with E-state index in [9.17, 15) is 0 Å². The highest BCUT2D eigenvalue weighted by Gasteiger charge is 2.23. The molecule has 0 atom stereocenters. The zero-order valence-electron chi connectivity index (χ0n) is 23.4. The number of aryl methyl sites for hydroxylation is 4. The first kappa shape index (κ1) is 22.1. The molecule has 0 saturated carbocycles. The van der Waals surface area contributed by atoms with E-state index in [1.165, 1.54) is 103 Å². The van der Waals surface area contributed by atoms with Crippen LogP contribution in [0.3, 0.4) is 0 Å². The Balaban J connectivity index is 1.70. The van der Waals surface area contributed by atoms with Crippen LogP contribution in [-0.4, -0.2) is 0 Å². The summed E-state index contributed by atoms with van der Waals surface area (Å²) in [5, 5.41) is 19.5. The molecule has 0 unspecified atom stereocenters. The van der Waals surface area contributed by atoms with Gasteiger partial charge in [0.1, 0.15) is 0 Å². The van der Waals surface area contributed by atoms with Gasteiger partial charge in [0.2, 0.25) is 0 Å². The van der Waals surface area contributed by atoms with Crippen LogP contribution in [0.15, 0.2) is 66.7 Å². The van der Waals surface area contributed by atoms with Crippen molar-refractivity contribution in [1.82, 2.24) is 0 Å². The normalized spacial score (nSPS) is 13.1. The number of benzene rings is 6. The van der Waals surface area contributed by atoms with E-state index in [0.717, 1.165) is 0 Å². The molecule has 0 aliphatic heterocycles. The van der Waals surface area contributed by atoms with Crippen LogP contribution in [0, 0.1) is 27.7 Å². The van der Waals surface area contributed by atoms with Gasteiger partial charge in [-0.05, 0) is 161 Å². The predicted molar refractivity (Wildman–Crippen MR) is 169 cm³/mol. The second-order valence-electron chi connectivity index (χ2n) is 12.8. The van der Waals surface area contributed by atoms with Crippen LogP contribution in [0.4, 0.5) is 0 Å². The fraction of sp³-hybridized carbons (Fsp3) is 0.211. The maximum Gasteiger partial charge on any atom is -0.00197 e. The summed E-state index contributed by atoms with van der Waals surface area (Å²) in [6.45, 7) is 16.0. The fourth-order valence-electron chi connectivity index (χ4n) is 7.06. The Bertz CT molecular complexity index is 2290. The number of fused-ring (bicyclic) bond motifs is 9. The molecule has 0 saturated heterocycles. The number of hydrogen-bond donors (Lipinski definition) is 0. The van der Waals surface area contributed by atoms with E-state index in [0.29, 0.717) is 0 Å². The zero-order chi connectivity index (χ0) is 26.2. The molecule has 0 aromatic heterocycles. The lowest BCUT2D eigenvalue weighted by Crippen LogP contribution is -2.10. The minimum atomic E-state index is 0.0670. The molecule has 0 amide bonds. The van der Waals surface area contributed by atoms with Gasteiger partial charge in [-0.3, -0.25) is 0 Å². The highest BCUT2D eigenvalue weighted by molar-refractivity contribution is 6.41. The summed E-state index contributed by atoms with van der Waals surface area (Å²) in [6.07, 6.45) is 0. The van der Waals surface area contributed by atoms with Gasteiger partial charge in [0.15, 0.2) is 0 Å². The van der Waals surface area contributed by atoms with Gasteiger partial charge in [-0.25, -0.2) is 0 Å². The highest BCUT2D eigenvalue weighted by Crippen LogP contribution is 2.49. The van der Waals surface area contributed by atoms with Gasteiger partial charge < -0.3 is 0 Å². The van der Waals surface area contributed by atoms with E-state index in [4.69, 9.17) is 0 Å². The van der Waals surface area contributed by atoms with Crippen LogP contribution < -0.4 is 0 Å². The van der Waals surface area contributed by atoms with Crippen LogP contribution in [0.25, 0.3) is 75.4 Å². The monoisotopic (exact) mass is 488 g/mol. The first-order valence-corrected chi connectivity index (χ1v) is 13.9. The Morgan fingerprint density at radius 1 is 0.368 bits per heavy atom. The average Bonchev–Trinajstić information content (AvgIpc) is 3.34. The molecule has 0 spiro atoms. The summed E-state index contributed by atoms with van der Waals surface area (Å²) in [7, 11) is 0. The molecular weight excluding hydrogens is 456 g/mol. The maximum absolute atomic E-state index is 2.51. The average molecular weight is 489 g/mol. The Morgan fingerprint density at radius 2 is 0.684 bits per heavy atom. The number of hydrogen-bond acceptors (Lipinski definition) is 0. The Kier molecular flexibility index (Phi) is 4.04. The van der Waals surface area contributed by atoms with Gasteiger partial charge in [-0.2, -0.15) is 0 Å². The molecule has 0 aliphatic rings. The highest BCUT2D eigenvalue weighted by atomic mass is 14.3. The molecule has 8 rings (SSSR count). The molecule has 8 aromatic rings. The Morgan fingerprint density at radius 3 is 1.11 bits per heavy atom. The largest absolute Gasteiger partial charge is 0.0610 e. The second kappa shape index (κ2) is 6.94. The minimum Gasteiger partial charge on any atom is -0.0610 e. The van der Waals surface area contributed by atoms with E-state index in [2.05, 4.69) is 115 Å². The first-order valence-electron chi connectivity index (χ1n) is 13.9. The van der Waals surface area contributed by atoms with Crippen molar-refractivity contribution in [3.8, 4) is 0 Å². The van der Waals surface area contributed by atoms with Crippen LogP contribution in [0.1, 0.15) is 48.6 Å². The third kappa shape index (κ3) is 2.66. The van der Waals surface area contributed by atoms with E-state index in [1.807, 2.05) is 0 Å². The van der Waals surface area contributed by atoms with Crippen molar-refractivity contribution in [1.29, 1.82) is 0 Å². The standard InChI is InChI=1S/C38H32/c1-19-11-26-24-9-8-10-25-30-17-35-29-14-22(4)21(3)13-28(29)32-15-23(38(5,6)7)16-33(37(32)35)31(30)18-34(36(24)25)27(26)12-20(19)2/h8-18H,1-7H3. The number of rotatable bonds is 0. The first-order chi connectivity index (χ1) is 18.1. The van der Waals surface area contributed by atoms with Gasteiger partial charge in [-0.1, -0.05) is 63.2 Å². The molecule has 0 heteroatoms. The topological polar surface area (TPSA) is 0 Å². The van der Waals surface area contributed by atoms with E-state index in [1.54, 1.807) is 0 Å². The van der Waals surface area contributed by atoms with Gasteiger partial charge >= 0.3 is 0 Å². The van der Waals surface area contributed by atoms with E-state index in [-0.39, 0.29) is 5.41 Å². The van der Waals surface area contributed by atoms with Crippen molar-refractivity contribution in [3.05, 3.63) is 94.5 Å². The van der Waals surface area contributed by atoms with E-state index < -0.39 is 0 Å². The second-order valence-corrected chi connectivity index (χ2v) is 12.8. The third-order valence-corrected chi connectivity index (χ3v) is 9.48. The summed E-state index contributed by atoms with van der Waals surface area (Å²) in [5.74, 6) is 0. The van der Waals surface area contributed by atoms with Crippen molar-refractivity contribution >= 4 is 75.4 Å². The molecule has 0 bridgehead atoms. The van der Waals surface area contributed by atoms with Crippen LogP contribution in [0.2, 0.25) is 0 Å². The molecule has 0 nitrogen and oxygen atoms in total. The van der Waals surface area contributed by atoms with Gasteiger partial charge in [0.25, 0.3) is 0 Å². The molecule has 184 valence electrons. The molecular formula is C38H32. The maximum atomic E-state index is 2.51. The smallest absolute Gasteiger partial charge is 0.00197 e. The molecule has 0 N–H and O–H groups in total. The van der Waals surface area contributed by atoms with Crippen LogP contribution in [0.5, 0.6) is 0 Å². The van der Waals surface area contributed by atoms with Crippen LogP contribution >= 0.6 is 0 Å². The Hall–Kier alpha value is -3.90. The summed E-state index contributed by atoms with van der Waals surface area (Å²) in [5.41, 5.74) is 6.93. The zero-order valence-corrected chi connectivity index (χ0v) is 23.4. The van der Waals surface area contributed by atoms with Crippen molar-refractivity contribution in [2.24, 2.45) is 0 Å². The summed E-state index contributed by atoms with van der Waals surface area (Å²) < 4.78 is 0. The molecule has 38 heavy (non-hydrogen) atoms. The van der Waals surface area contributed by atoms with Crippen molar-refractivity contribution in [2.45, 2.75) is 53.9 Å². The summed E-state index contributed by atoms with van der Waals surface area (Å²) in [4.78, 5) is 0. The quantitative estimate of drug-likeness (QED) is 0.186. The summed E-state index contributed by atoms with van der Waals surface area (Å²) >= 11 is 0. The minimum absolute atomic E-state index is 0.0670.